The molecule has 0 heterocycles. The number of carbonyl (C=O) groups excluding carboxylic acids is 1. The zero-order chi connectivity index (χ0) is 19.4. The Bertz CT molecular complexity index is 849. The Labute approximate surface area is 155 Å². The number of benzene rings is 2. The lowest BCUT2D eigenvalue weighted by molar-refractivity contribution is 0.102. The fraction of sp³-hybridized carbons (Fsp3) is 0.350. The smallest absolute Gasteiger partial charge is 0.255 e. The zero-order valence-electron chi connectivity index (χ0n) is 15.7. The van der Waals surface area contributed by atoms with Gasteiger partial charge in [0.2, 0.25) is 10.0 Å². The molecule has 2 rings (SSSR count). The van der Waals surface area contributed by atoms with Crippen LogP contribution in [0, 0.1) is 0 Å². The first-order valence-electron chi connectivity index (χ1n) is 8.63. The quantitative estimate of drug-likeness (QED) is 0.787. The van der Waals surface area contributed by atoms with Crippen LogP contribution in [-0.4, -0.2) is 20.1 Å². The highest BCUT2D eigenvalue weighted by Crippen LogP contribution is 2.23. The van der Waals surface area contributed by atoms with Gasteiger partial charge in [-0.1, -0.05) is 39.8 Å². The molecule has 0 atom stereocenters. The van der Waals surface area contributed by atoms with E-state index in [9.17, 15) is 13.2 Å². The Morgan fingerprint density at radius 3 is 1.96 bits per heavy atom. The minimum atomic E-state index is -3.33. The van der Waals surface area contributed by atoms with Gasteiger partial charge < -0.3 is 5.32 Å². The molecule has 0 saturated carbocycles. The minimum absolute atomic E-state index is 0.0590. The van der Waals surface area contributed by atoms with Crippen LogP contribution in [0.5, 0.6) is 0 Å². The molecule has 0 radical (unpaired) electrons. The van der Waals surface area contributed by atoms with Crippen LogP contribution in [-0.2, 0) is 15.4 Å². The molecule has 0 spiro atoms. The van der Waals surface area contributed by atoms with Gasteiger partial charge in [-0.15, -0.1) is 0 Å². The summed E-state index contributed by atoms with van der Waals surface area (Å²) in [6, 6.07) is 14.1. The number of rotatable bonds is 6. The van der Waals surface area contributed by atoms with Crippen LogP contribution in [0.15, 0.2) is 48.5 Å². The van der Waals surface area contributed by atoms with E-state index in [0.29, 0.717) is 17.7 Å². The summed E-state index contributed by atoms with van der Waals surface area (Å²) in [7, 11) is -3.33. The van der Waals surface area contributed by atoms with Crippen molar-refractivity contribution in [3.63, 3.8) is 0 Å². The third-order valence-corrected chi connectivity index (χ3v) is 5.39. The summed E-state index contributed by atoms with van der Waals surface area (Å²) in [4.78, 5) is 12.3. The minimum Gasteiger partial charge on any atom is -0.322 e. The van der Waals surface area contributed by atoms with E-state index in [1.807, 2.05) is 24.3 Å². The Hall–Kier alpha value is -2.34. The third kappa shape index (κ3) is 5.59. The van der Waals surface area contributed by atoms with Crippen molar-refractivity contribution in [2.24, 2.45) is 0 Å². The maximum Gasteiger partial charge on any atom is 0.255 e. The topological polar surface area (TPSA) is 75.3 Å². The third-order valence-electron chi connectivity index (χ3n) is 3.90. The van der Waals surface area contributed by atoms with Gasteiger partial charge in [-0.05, 0) is 53.8 Å². The average molecular weight is 375 g/mol. The lowest BCUT2D eigenvalue weighted by Crippen LogP contribution is -2.16. The summed E-state index contributed by atoms with van der Waals surface area (Å²) in [5.74, 6) is -0.170. The summed E-state index contributed by atoms with van der Waals surface area (Å²) in [5.41, 5.74) is 2.88. The molecule has 0 bridgehead atoms. The van der Waals surface area contributed by atoms with Gasteiger partial charge in [-0.3, -0.25) is 9.52 Å². The fourth-order valence-corrected chi connectivity index (χ4v) is 3.58. The summed E-state index contributed by atoms with van der Waals surface area (Å²) < 4.78 is 26.0. The summed E-state index contributed by atoms with van der Waals surface area (Å²) in [5, 5.41) is 2.85. The Morgan fingerprint density at radius 2 is 1.46 bits per heavy atom. The highest BCUT2D eigenvalue weighted by molar-refractivity contribution is 7.92. The number of nitrogens with one attached hydrogen (secondary N) is 2. The number of sulfonamides is 1. The molecule has 0 aliphatic rings. The van der Waals surface area contributed by atoms with Crippen molar-refractivity contribution in [3.05, 3.63) is 59.7 Å². The second-order valence-corrected chi connectivity index (χ2v) is 9.12. The molecule has 0 aromatic heterocycles. The van der Waals surface area contributed by atoms with E-state index in [1.54, 1.807) is 31.2 Å². The van der Waals surface area contributed by atoms with E-state index in [-0.39, 0.29) is 17.1 Å². The molecule has 26 heavy (non-hydrogen) atoms. The SMILES string of the molecule is CCCS(=O)(=O)Nc1ccc(C(=O)Nc2ccc(C(C)(C)C)cc2)cc1. The summed E-state index contributed by atoms with van der Waals surface area (Å²) >= 11 is 0. The van der Waals surface area contributed by atoms with Crippen LogP contribution in [0.1, 0.15) is 50.0 Å². The molecule has 0 fully saturated rings. The standard InChI is InChI=1S/C20H26N2O3S/c1-5-14-26(24,25)22-18-10-6-15(7-11-18)19(23)21-17-12-8-16(9-13-17)20(2,3)4/h6-13,22H,5,14H2,1-4H3,(H,21,23). The molecular formula is C20H26N2O3S. The number of amides is 1. The van der Waals surface area contributed by atoms with Gasteiger partial charge in [0.15, 0.2) is 0 Å². The van der Waals surface area contributed by atoms with Crippen LogP contribution in [0.2, 0.25) is 0 Å². The lowest BCUT2D eigenvalue weighted by atomic mass is 9.87. The van der Waals surface area contributed by atoms with Crippen molar-refractivity contribution in [2.75, 3.05) is 15.8 Å². The second-order valence-electron chi connectivity index (χ2n) is 7.28. The largest absolute Gasteiger partial charge is 0.322 e. The van der Waals surface area contributed by atoms with Gasteiger partial charge in [0.05, 0.1) is 5.75 Å². The first-order chi connectivity index (χ1) is 12.1. The highest BCUT2D eigenvalue weighted by atomic mass is 32.2. The maximum absolute atomic E-state index is 12.3. The number of hydrogen-bond acceptors (Lipinski definition) is 3. The summed E-state index contributed by atoms with van der Waals surface area (Å²) in [6.07, 6.45) is 0.545. The lowest BCUT2D eigenvalue weighted by Gasteiger charge is -2.19. The monoisotopic (exact) mass is 374 g/mol. The zero-order valence-corrected chi connectivity index (χ0v) is 16.5. The number of carbonyl (C=O) groups is 1. The Morgan fingerprint density at radius 1 is 0.923 bits per heavy atom. The molecule has 0 aliphatic heterocycles. The predicted octanol–water partition coefficient (Wildman–Crippen LogP) is 4.39. The van der Waals surface area contributed by atoms with E-state index >= 15 is 0 Å². The van der Waals surface area contributed by atoms with Crippen molar-refractivity contribution < 1.29 is 13.2 Å². The predicted molar refractivity (Wildman–Crippen MR) is 107 cm³/mol. The van der Waals surface area contributed by atoms with Gasteiger partial charge >= 0.3 is 0 Å². The van der Waals surface area contributed by atoms with E-state index < -0.39 is 10.0 Å². The molecule has 2 aromatic rings. The molecule has 140 valence electrons. The van der Waals surface area contributed by atoms with Crippen molar-refractivity contribution in [1.82, 2.24) is 0 Å². The first-order valence-corrected chi connectivity index (χ1v) is 10.3. The van der Waals surface area contributed by atoms with E-state index in [1.165, 1.54) is 5.56 Å². The van der Waals surface area contributed by atoms with Crippen LogP contribution in [0.4, 0.5) is 11.4 Å². The average Bonchev–Trinajstić information content (AvgIpc) is 2.54. The second kappa shape index (κ2) is 7.91. The van der Waals surface area contributed by atoms with Crippen LogP contribution < -0.4 is 10.0 Å². The molecule has 6 heteroatoms. The van der Waals surface area contributed by atoms with Gasteiger partial charge in [-0.25, -0.2) is 8.42 Å². The van der Waals surface area contributed by atoms with Gasteiger partial charge in [0, 0.05) is 16.9 Å². The van der Waals surface area contributed by atoms with Crippen LogP contribution in [0.3, 0.4) is 0 Å². The van der Waals surface area contributed by atoms with E-state index in [4.69, 9.17) is 0 Å². The van der Waals surface area contributed by atoms with Gasteiger partial charge in [0.25, 0.3) is 5.91 Å². The Kier molecular flexibility index (Phi) is 6.08. The molecule has 5 nitrogen and oxygen atoms in total. The molecular weight excluding hydrogens is 348 g/mol. The maximum atomic E-state index is 12.3. The van der Waals surface area contributed by atoms with Gasteiger partial charge in [-0.2, -0.15) is 0 Å². The highest BCUT2D eigenvalue weighted by Gasteiger charge is 2.14. The van der Waals surface area contributed by atoms with Crippen LogP contribution >= 0.6 is 0 Å². The molecule has 2 aromatic carbocycles. The number of hydrogen-bond donors (Lipinski definition) is 2. The van der Waals surface area contributed by atoms with Gasteiger partial charge in [0.1, 0.15) is 0 Å². The fourth-order valence-electron chi connectivity index (χ4n) is 2.45. The number of anilines is 2. The first kappa shape index (κ1) is 20.0. The van der Waals surface area contributed by atoms with Crippen LogP contribution in [0.25, 0.3) is 0 Å². The van der Waals surface area contributed by atoms with E-state index in [2.05, 4.69) is 30.8 Å². The normalized spacial score (nSPS) is 11.8. The summed E-state index contributed by atoms with van der Waals surface area (Å²) in [6.45, 7) is 8.21. The van der Waals surface area contributed by atoms with E-state index in [0.717, 1.165) is 5.69 Å². The van der Waals surface area contributed by atoms with Crippen molar-refractivity contribution >= 4 is 27.3 Å². The molecule has 2 N–H and O–H groups in total. The molecule has 1 amide bonds. The molecule has 0 unspecified atom stereocenters. The van der Waals surface area contributed by atoms with Crippen molar-refractivity contribution in [3.8, 4) is 0 Å². The Balaban J connectivity index is 2.04. The van der Waals surface area contributed by atoms with Crippen molar-refractivity contribution in [2.45, 2.75) is 39.5 Å². The van der Waals surface area contributed by atoms with Crippen molar-refractivity contribution in [1.29, 1.82) is 0 Å². The molecule has 0 saturated heterocycles. The molecule has 0 aliphatic carbocycles.